The van der Waals surface area contributed by atoms with Gasteiger partial charge in [0.25, 0.3) is 5.91 Å². The molecule has 2 saturated heterocycles. The Balaban J connectivity index is 0.00000176. The van der Waals surface area contributed by atoms with Crippen LogP contribution < -0.4 is 0 Å². The van der Waals surface area contributed by atoms with Gasteiger partial charge in [0, 0.05) is 31.4 Å². The molecule has 7 heteroatoms. The van der Waals surface area contributed by atoms with Crippen LogP contribution in [0, 0.1) is 18.3 Å². The Labute approximate surface area is 135 Å². The van der Waals surface area contributed by atoms with Crippen molar-refractivity contribution in [1.29, 1.82) is 0 Å². The Kier molecular flexibility index (Phi) is 4.72. The predicted molar refractivity (Wildman–Crippen MR) is 80.9 cm³/mol. The number of esters is 1. The average molecular weight is 327 g/mol. The second-order valence-electron chi connectivity index (χ2n) is 5.80. The fourth-order valence-corrected chi connectivity index (χ4v) is 3.24. The van der Waals surface area contributed by atoms with Crippen LogP contribution in [0.4, 0.5) is 0 Å². The minimum absolute atomic E-state index is 0. The molecule has 2 fully saturated rings. The lowest BCUT2D eigenvalue weighted by molar-refractivity contribution is -0.153. The summed E-state index contributed by atoms with van der Waals surface area (Å²) in [6.45, 7) is 3.57. The molecule has 120 valence electrons. The molecule has 2 aliphatic heterocycles. The summed E-state index contributed by atoms with van der Waals surface area (Å²) in [6.07, 6.45) is 3.27. The lowest BCUT2D eigenvalue weighted by Crippen LogP contribution is -2.41. The van der Waals surface area contributed by atoms with Crippen LogP contribution in [-0.2, 0) is 14.3 Å². The van der Waals surface area contributed by atoms with Gasteiger partial charge in [-0.2, -0.15) is 0 Å². The first-order chi connectivity index (χ1) is 10.1. The zero-order valence-electron chi connectivity index (χ0n) is 12.6. The minimum Gasteiger partial charge on any atom is -0.468 e. The molecule has 1 aromatic rings. The largest absolute Gasteiger partial charge is 0.468 e. The zero-order valence-corrected chi connectivity index (χ0v) is 13.4. The molecule has 2 atom stereocenters. The average Bonchev–Trinajstić information content (AvgIpc) is 3.03. The summed E-state index contributed by atoms with van der Waals surface area (Å²) >= 11 is 0. The fourth-order valence-electron chi connectivity index (χ4n) is 3.24. The van der Waals surface area contributed by atoms with Crippen LogP contribution in [0.1, 0.15) is 15.9 Å². The first-order valence-electron chi connectivity index (χ1n) is 6.94. The highest BCUT2D eigenvalue weighted by Gasteiger charge is 2.57. The van der Waals surface area contributed by atoms with Gasteiger partial charge in [-0.3, -0.25) is 14.6 Å². The third-order valence-electron chi connectivity index (χ3n) is 4.37. The van der Waals surface area contributed by atoms with Crippen LogP contribution in [0.15, 0.2) is 18.5 Å². The van der Waals surface area contributed by atoms with Crippen molar-refractivity contribution in [2.24, 2.45) is 11.3 Å². The number of rotatable bonds is 2. The quantitative estimate of drug-likeness (QED) is 0.761. The highest BCUT2D eigenvalue weighted by Crippen LogP contribution is 2.42. The molecule has 0 N–H and O–H groups in total. The van der Waals surface area contributed by atoms with Crippen molar-refractivity contribution in [3.05, 3.63) is 29.6 Å². The van der Waals surface area contributed by atoms with Crippen molar-refractivity contribution < 1.29 is 19.1 Å². The second-order valence-corrected chi connectivity index (χ2v) is 5.80. The van der Waals surface area contributed by atoms with Crippen molar-refractivity contribution in [3.63, 3.8) is 0 Å². The molecule has 3 heterocycles. The zero-order chi connectivity index (χ0) is 15.0. The van der Waals surface area contributed by atoms with Crippen LogP contribution in [0.25, 0.3) is 0 Å². The van der Waals surface area contributed by atoms with E-state index in [2.05, 4.69) is 4.98 Å². The lowest BCUT2D eigenvalue weighted by atomic mass is 9.81. The Morgan fingerprint density at radius 2 is 2.23 bits per heavy atom. The maximum atomic E-state index is 12.6. The molecule has 2 aliphatic rings. The van der Waals surface area contributed by atoms with Crippen molar-refractivity contribution in [2.75, 3.05) is 33.4 Å². The number of pyridine rings is 1. The van der Waals surface area contributed by atoms with E-state index in [9.17, 15) is 9.59 Å². The van der Waals surface area contributed by atoms with Gasteiger partial charge >= 0.3 is 5.97 Å². The molecule has 0 bridgehead atoms. The number of ether oxygens (including phenoxy) is 2. The van der Waals surface area contributed by atoms with Crippen molar-refractivity contribution in [3.8, 4) is 0 Å². The van der Waals surface area contributed by atoms with E-state index in [0.29, 0.717) is 31.9 Å². The molecule has 22 heavy (non-hydrogen) atoms. The SMILES string of the molecule is COC(=O)[C@@]12COC[C@@H]1CN(C(=O)c1cncc(C)c1)C2.Cl. The molecule has 0 spiro atoms. The normalized spacial score (nSPS) is 26.3. The number of amides is 1. The maximum absolute atomic E-state index is 12.6. The lowest BCUT2D eigenvalue weighted by Gasteiger charge is -2.23. The molecular weight excluding hydrogens is 308 g/mol. The van der Waals surface area contributed by atoms with Crippen LogP contribution in [0.3, 0.4) is 0 Å². The first kappa shape index (κ1) is 16.7. The predicted octanol–water partition coefficient (Wildman–Crippen LogP) is 1.07. The van der Waals surface area contributed by atoms with Crippen molar-refractivity contribution in [1.82, 2.24) is 9.88 Å². The monoisotopic (exact) mass is 326 g/mol. The van der Waals surface area contributed by atoms with E-state index in [4.69, 9.17) is 9.47 Å². The summed E-state index contributed by atoms with van der Waals surface area (Å²) in [5.74, 6) is -0.377. The standard InChI is InChI=1S/C15H18N2O4.ClH/c1-10-3-11(5-16-4-10)13(18)17-6-12-7-21-9-15(12,8-17)14(19)20-2;/h3-5,12H,6-9H2,1-2H3;1H/t12-,15-;/m0./s1. The molecule has 0 aromatic carbocycles. The number of nitrogens with zero attached hydrogens (tertiary/aromatic N) is 2. The van der Waals surface area contributed by atoms with Gasteiger partial charge in [0.1, 0.15) is 5.41 Å². The van der Waals surface area contributed by atoms with Gasteiger partial charge in [0.2, 0.25) is 0 Å². The van der Waals surface area contributed by atoms with E-state index in [1.54, 1.807) is 17.3 Å². The van der Waals surface area contributed by atoms with Gasteiger partial charge in [-0.1, -0.05) is 0 Å². The van der Waals surface area contributed by atoms with Crippen LogP contribution in [0.2, 0.25) is 0 Å². The molecule has 0 unspecified atom stereocenters. The molecule has 6 nitrogen and oxygen atoms in total. The molecule has 1 amide bonds. The highest BCUT2D eigenvalue weighted by atomic mass is 35.5. The van der Waals surface area contributed by atoms with E-state index in [1.165, 1.54) is 7.11 Å². The fraction of sp³-hybridized carbons (Fsp3) is 0.533. The number of fused-ring (bicyclic) bond motifs is 1. The molecule has 0 saturated carbocycles. The topological polar surface area (TPSA) is 68.7 Å². The molecule has 3 rings (SSSR count). The van der Waals surface area contributed by atoms with Crippen molar-refractivity contribution in [2.45, 2.75) is 6.92 Å². The third kappa shape index (κ3) is 2.57. The van der Waals surface area contributed by atoms with E-state index >= 15 is 0 Å². The molecule has 1 aromatic heterocycles. The van der Waals surface area contributed by atoms with Crippen LogP contribution in [-0.4, -0.2) is 55.2 Å². The third-order valence-corrected chi connectivity index (χ3v) is 4.37. The minimum atomic E-state index is -0.707. The molecular formula is C15H19ClN2O4. The Morgan fingerprint density at radius 1 is 1.45 bits per heavy atom. The maximum Gasteiger partial charge on any atom is 0.316 e. The summed E-state index contributed by atoms with van der Waals surface area (Å²) in [4.78, 5) is 30.5. The van der Waals surface area contributed by atoms with Gasteiger partial charge in [-0.15, -0.1) is 12.4 Å². The molecule has 0 aliphatic carbocycles. The second kappa shape index (κ2) is 6.22. The number of hydrogen-bond donors (Lipinski definition) is 0. The Morgan fingerprint density at radius 3 is 2.91 bits per heavy atom. The smallest absolute Gasteiger partial charge is 0.316 e. The van der Waals surface area contributed by atoms with Crippen molar-refractivity contribution >= 4 is 24.3 Å². The summed E-state index contributed by atoms with van der Waals surface area (Å²) in [7, 11) is 1.38. The number of halogens is 1. The van der Waals surface area contributed by atoms with Gasteiger partial charge in [0.05, 0.1) is 25.9 Å². The van der Waals surface area contributed by atoms with E-state index < -0.39 is 5.41 Å². The number of methoxy groups -OCH3 is 1. The summed E-state index contributed by atoms with van der Waals surface area (Å²) in [5.41, 5.74) is 0.781. The van der Waals surface area contributed by atoms with E-state index in [0.717, 1.165) is 5.56 Å². The number of aromatic nitrogens is 1. The van der Waals surface area contributed by atoms with Gasteiger partial charge < -0.3 is 14.4 Å². The number of carbonyl (C=O) groups is 2. The Bertz CT molecular complexity index is 595. The van der Waals surface area contributed by atoms with E-state index in [-0.39, 0.29) is 30.2 Å². The van der Waals surface area contributed by atoms with Gasteiger partial charge in [0.15, 0.2) is 0 Å². The number of aryl methyl sites for hydroxylation is 1. The van der Waals surface area contributed by atoms with Gasteiger partial charge in [-0.25, -0.2) is 0 Å². The summed E-state index contributed by atoms with van der Waals surface area (Å²) < 4.78 is 10.4. The van der Waals surface area contributed by atoms with E-state index in [1.807, 2.05) is 13.0 Å². The highest BCUT2D eigenvalue weighted by molar-refractivity contribution is 5.95. The number of carbonyl (C=O) groups excluding carboxylic acids is 2. The first-order valence-corrected chi connectivity index (χ1v) is 6.94. The number of hydrogen-bond acceptors (Lipinski definition) is 5. The summed E-state index contributed by atoms with van der Waals surface area (Å²) in [5, 5.41) is 0. The Hall–Kier alpha value is -1.66. The molecule has 0 radical (unpaired) electrons. The number of likely N-dealkylation sites (tertiary alicyclic amines) is 1. The summed E-state index contributed by atoms with van der Waals surface area (Å²) in [6, 6.07) is 1.81. The van der Waals surface area contributed by atoms with Crippen LogP contribution in [0.5, 0.6) is 0 Å². The van der Waals surface area contributed by atoms with Gasteiger partial charge in [-0.05, 0) is 18.6 Å². The van der Waals surface area contributed by atoms with Crippen LogP contribution >= 0.6 is 12.4 Å².